The van der Waals surface area contributed by atoms with Gasteiger partial charge in [-0.15, -0.1) is 0 Å². The van der Waals surface area contributed by atoms with E-state index >= 15 is 0 Å². The number of anilines is 1. The summed E-state index contributed by atoms with van der Waals surface area (Å²) in [5.74, 6) is -1.77. The van der Waals surface area contributed by atoms with Crippen molar-refractivity contribution in [2.45, 2.75) is 91.3 Å². The fourth-order valence-corrected chi connectivity index (χ4v) is 5.11. The molecule has 2 atom stereocenters. The molecule has 0 fully saturated rings. The molecular formula is C35H46N4O5. The molecule has 44 heavy (non-hydrogen) atoms. The number of fused-ring (bicyclic) bond motifs is 1. The van der Waals surface area contributed by atoms with Crippen molar-refractivity contribution in [3.8, 4) is 0 Å². The Morgan fingerprint density at radius 1 is 0.909 bits per heavy atom. The minimum Gasteiger partial charge on any atom is -0.444 e. The number of benzene rings is 3. The van der Waals surface area contributed by atoms with Crippen LogP contribution in [0.15, 0.2) is 60.7 Å². The average molecular weight is 603 g/mol. The van der Waals surface area contributed by atoms with Crippen LogP contribution in [-0.4, -0.2) is 46.9 Å². The zero-order valence-electron chi connectivity index (χ0n) is 26.7. The lowest BCUT2D eigenvalue weighted by molar-refractivity contribution is -0.142. The van der Waals surface area contributed by atoms with Gasteiger partial charge in [-0.3, -0.25) is 14.4 Å². The maximum Gasteiger partial charge on any atom is 0.408 e. The summed E-state index contributed by atoms with van der Waals surface area (Å²) >= 11 is 0. The number of nitrogens with zero attached hydrogens (tertiary/aromatic N) is 1. The van der Waals surface area contributed by atoms with Crippen molar-refractivity contribution in [1.82, 2.24) is 10.2 Å². The minimum atomic E-state index is -1.32. The van der Waals surface area contributed by atoms with Crippen LogP contribution >= 0.6 is 0 Å². The van der Waals surface area contributed by atoms with Crippen LogP contribution in [0.25, 0.3) is 10.8 Å². The van der Waals surface area contributed by atoms with Crippen LogP contribution in [0, 0.1) is 13.8 Å². The normalized spacial score (nSPS) is 12.7. The minimum absolute atomic E-state index is 0.229. The molecule has 0 saturated carbocycles. The summed E-state index contributed by atoms with van der Waals surface area (Å²) in [4.78, 5) is 55.0. The molecule has 3 rings (SSSR count). The summed E-state index contributed by atoms with van der Waals surface area (Å²) in [6.07, 6.45) is 2.11. The smallest absolute Gasteiger partial charge is 0.408 e. The number of aryl methyl sites for hydroxylation is 2. The molecule has 2 unspecified atom stereocenters. The molecule has 236 valence electrons. The Balaban J connectivity index is 2.08. The van der Waals surface area contributed by atoms with E-state index in [1.54, 1.807) is 20.8 Å². The third-order valence-electron chi connectivity index (χ3n) is 7.24. The lowest BCUT2D eigenvalue weighted by Crippen LogP contribution is -2.53. The third-order valence-corrected chi connectivity index (χ3v) is 7.24. The Labute approximate surface area is 260 Å². The summed E-state index contributed by atoms with van der Waals surface area (Å²) in [5, 5.41) is 7.57. The lowest BCUT2D eigenvalue weighted by atomic mass is 9.95. The Bertz CT molecular complexity index is 1480. The van der Waals surface area contributed by atoms with Gasteiger partial charge in [-0.1, -0.05) is 80.3 Å². The van der Waals surface area contributed by atoms with E-state index in [-0.39, 0.29) is 6.54 Å². The van der Waals surface area contributed by atoms with Crippen LogP contribution in [0.1, 0.15) is 82.5 Å². The van der Waals surface area contributed by atoms with Crippen molar-refractivity contribution in [1.29, 1.82) is 0 Å². The first-order chi connectivity index (χ1) is 20.8. The number of carbonyl (C=O) groups is 4. The molecule has 0 radical (unpaired) electrons. The topological polar surface area (TPSA) is 131 Å². The highest BCUT2D eigenvalue weighted by Crippen LogP contribution is 2.29. The number of hydrogen-bond acceptors (Lipinski definition) is 5. The number of alkyl carbamates (subject to hydrolysis) is 1. The van der Waals surface area contributed by atoms with Gasteiger partial charge in [0.2, 0.25) is 11.8 Å². The zero-order valence-corrected chi connectivity index (χ0v) is 26.7. The van der Waals surface area contributed by atoms with Crippen molar-refractivity contribution in [2.24, 2.45) is 5.73 Å². The Morgan fingerprint density at radius 3 is 2.27 bits per heavy atom. The van der Waals surface area contributed by atoms with Gasteiger partial charge in [-0.25, -0.2) is 4.79 Å². The van der Waals surface area contributed by atoms with Gasteiger partial charge in [-0.05, 0) is 75.1 Å². The van der Waals surface area contributed by atoms with E-state index in [2.05, 4.69) is 17.6 Å². The first-order valence-electron chi connectivity index (χ1n) is 15.2. The molecule has 3 aromatic rings. The van der Waals surface area contributed by atoms with E-state index in [0.717, 1.165) is 41.2 Å². The maximum absolute atomic E-state index is 14.4. The Hall–Kier alpha value is -4.40. The van der Waals surface area contributed by atoms with Gasteiger partial charge in [0.15, 0.2) is 0 Å². The molecule has 4 amide bonds. The number of nitrogens with two attached hydrogens (primary N) is 1. The lowest BCUT2D eigenvalue weighted by Gasteiger charge is -2.35. The molecule has 0 saturated heterocycles. The van der Waals surface area contributed by atoms with Crippen LogP contribution in [0.5, 0.6) is 0 Å². The summed E-state index contributed by atoms with van der Waals surface area (Å²) < 4.78 is 5.38. The molecule has 9 nitrogen and oxygen atoms in total. The van der Waals surface area contributed by atoms with Crippen molar-refractivity contribution < 1.29 is 23.9 Å². The van der Waals surface area contributed by atoms with Crippen LogP contribution in [0.3, 0.4) is 0 Å². The van der Waals surface area contributed by atoms with Crippen molar-refractivity contribution in [2.75, 3.05) is 11.9 Å². The number of amides is 4. The molecule has 0 aliphatic heterocycles. The van der Waals surface area contributed by atoms with Gasteiger partial charge in [0.1, 0.15) is 17.7 Å². The SMILES string of the molecule is CCCCCCN(C(=O)C(CC(N)=O)NC(=O)OC(C)(C)C)C(C(=O)Nc1ccc2ccccc2c1)c1cc(C)ccc1C. The third kappa shape index (κ3) is 9.82. The van der Waals surface area contributed by atoms with E-state index in [4.69, 9.17) is 10.5 Å². The second kappa shape index (κ2) is 15.4. The van der Waals surface area contributed by atoms with E-state index in [0.29, 0.717) is 17.7 Å². The monoisotopic (exact) mass is 602 g/mol. The molecule has 0 spiro atoms. The van der Waals surface area contributed by atoms with Gasteiger partial charge in [0, 0.05) is 12.2 Å². The molecule has 0 aromatic heterocycles. The van der Waals surface area contributed by atoms with Gasteiger partial charge >= 0.3 is 6.09 Å². The van der Waals surface area contributed by atoms with Crippen molar-refractivity contribution >= 4 is 40.3 Å². The molecule has 0 aliphatic carbocycles. The number of primary amides is 1. The van der Waals surface area contributed by atoms with Gasteiger partial charge in [0.05, 0.1) is 6.42 Å². The molecule has 0 aliphatic rings. The number of unbranched alkanes of at least 4 members (excludes halogenated alkanes) is 3. The summed E-state index contributed by atoms with van der Waals surface area (Å²) in [5.41, 5.74) is 7.69. The number of rotatable bonds is 13. The number of nitrogens with one attached hydrogen (secondary N) is 2. The van der Waals surface area contributed by atoms with E-state index < -0.39 is 47.9 Å². The van der Waals surface area contributed by atoms with Crippen LogP contribution in [0.4, 0.5) is 10.5 Å². The quantitative estimate of drug-likeness (QED) is 0.197. The molecule has 0 heterocycles. The highest BCUT2D eigenvalue weighted by Gasteiger charge is 2.37. The van der Waals surface area contributed by atoms with Gasteiger partial charge < -0.3 is 26.0 Å². The van der Waals surface area contributed by atoms with Gasteiger partial charge in [0.25, 0.3) is 5.91 Å². The van der Waals surface area contributed by atoms with Gasteiger partial charge in [-0.2, -0.15) is 0 Å². The first kappa shape index (κ1) is 34.1. The highest BCUT2D eigenvalue weighted by molar-refractivity contribution is 6.01. The predicted molar refractivity (Wildman–Crippen MR) is 174 cm³/mol. The van der Waals surface area contributed by atoms with E-state index in [1.807, 2.05) is 74.5 Å². The molecule has 3 aromatic carbocycles. The largest absolute Gasteiger partial charge is 0.444 e. The molecule has 9 heteroatoms. The van der Waals surface area contributed by atoms with Crippen molar-refractivity contribution in [3.05, 3.63) is 77.4 Å². The Morgan fingerprint density at radius 2 is 1.61 bits per heavy atom. The fraction of sp³-hybridized carbons (Fsp3) is 0.429. The molecule has 0 bridgehead atoms. The van der Waals surface area contributed by atoms with E-state index in [1.165, 1.54) is 4.90 Å². The summed E-state index contributed by atoms with van der Waals surface area (Å²) in [6.45, 7) is 11.2. The average Bonchev–Trinajstić information content (AvgIpc) is 2.94. The number of ether oxygens (including phenoxy) is 1. The Kier molecular flexibility index (Phi) is 11.9. The first-order valence-corrected chi connectivity index (χ1v) is 15.2. The van der Waals surface area contributed by atoms with Crippen LogP contribution in [0.2, 0.25) is 0 Å². The zero-order chi connectivity index (χ0) is 32.4. The number of carbonyl (C=O) groups excluding carboxylic acids is 4. The van der Waals surface area contributed by atoms with E-state index in [9.17, 15) is 19.2 Å². The summed E-state index contributed by atoms with van der Waals surface area (Å²) in [6, 6.07) is 16.9. The van der Waals surface area contributed by atoms with Crippen LogP contribution in [-0.2, 0) is 19.1 Å². The maximum atomic E-state index is 14.4. The van der Waals surface area contributed by atoms with Crippen LogP contribution < -0.4 is 16.4 Å². The number of hydrogen-bond donors (Lipinski definition) is 3. The molecular weight excluding hydrogens is 556 g/mol. The standard InChI is InChI=1S/C35H46N4O5/c1-7-8-9-12-19-39(33(42)29(22-30(36)40)38-34(43)44-35(4,5)6)31(28-20-23(2)15-16-24(28)3)32(41)37-27-18-17-25-13-10-11-14-26(25)21-27/h10-11,13-18,20-21,29,31H,7-9,12,19,22H2,1-6H3,(H2,36,40)(H,37,41)(H,38,43). The highest BCUT2D eigenvalue weighted by atomic mass is 16.6. The van der Waals surface area contributed by atoms with Crippen molar-refractivity contribution in [3.63, 3.8) is 0 Å². The second-order valence-corrected chi connectivity index (χ2v) is 12.3. The fourth-order valence-electron chi connectivity index (χ4n) is 5.11. The predicted octanol–water partition coefficient (Wildman–Crippen LogP) is 6.31. The molecule has 4 N–H and O–H groups in total. The second-order valence-electron chi connectivity index (χ2n) is 12.3. The summed E-state index contributed by atoms with van der Waals surface area (Å²) in [7, 11) is 0.